The SMILES string of the molecule is CCOC(=O)C1=C(C(F)(F)F)N=c2s/c(=C\c3cc(Cl)cc(Cl)c3OCc3ccccc3Cl)c(=O)n2[C@@H]1c1ccc(Cl)cc1. The summed E-state index contributed by atoms with van der Waals surface area (Å²) in [6, 6.07) is 14.2. The largest absolute Gasteiger partial charge is 0.487 e. The van der Waals surface area contributed by atoms with Gasteiger partial charge in [0.2, 0.25) is 0 Å². The van der Waals surface area contributed by atoms with E-state index in [4.69, 9.17) is 55.9 Å². The van der Waals surface area contributed by atoms with E-state index >= 15 is 0 Å². The van der Waals surface area contributed by atoms with Crippen LogP contribution in [-0.4, -0.2) is 23.3 Å². The van der Waals surface area contributed by atoms with Crippen LogP contribution < -0.4 is 19.6 Å². The van der Waals surface area contributed by atoms with E-state index in [1.807, 2.05) is 0 Å². The van der Waals surface area contributed by atoms with Gasteiger partial charge in [-0.15, -0.1) is 0 Å². The molecule has 44 heavy (non-hydrogen) atoms. The van der Waals surface area contributed by atoms with Crippen LogP contribution in [0.25, 0.3) is 6.08 Å². The minimum Gasteiger partial charge on any atom is -0.487 e. The van der Waals surface area contributed by atoms with Gasteiger partial charge in [0.05, 0.1) is 27.8 Å². The van der Waals surface area contributed by atoms with Crippen molar-refractivity contribution < 1.29 is 27.4 Å². The highest BCUT2D eigenvalue weighted by molar-refractivity contribution is 7.07. The Morgan fingerprint density at radius 1 is 1.02 bits per heavy atom. The van der Waals surface area contributed by atoms with Gasteiger partial charge in [0.25, 0.3) is 5.56 Å². The summed E-state index contributed by atoms with van der Waals surface area (Å²) in [5.74, 6) is -1.09. The van der Waals surface area contributed by atoms with E-state index in [0.29, 0.717) is 26.9 Å². The topological polar surface area (TPSA) is 69.9 Å². The van der Waals surface area contributed by atoms with Gasteiger partial charge in [0, 0.05) is 26.2 Å². The number of allylic oxidation sites excluding steroid dienone is 1. The summed E-state index contributed by atoms with van der Waals surface area (Å²) in [6.45, 7) is 1.29. The number of ether oxygens (including phenoxy) is 2. The highest BCUT2D eigenvalue weighted by atomic mass is 35.5. The normalized spacial score (nSPS) is 15.2. The molecule has 0 saturated carbocycles. The smallest absolute Gasteiger partial charge is 0.434 e. The summed E-state index contributed by atoms with van der Waals surface area (Å²) in [7, 11) is 0. The standard InChI is InChI=1S/C30H19Cl4F3N2O4S/c1-2-42-28(41)23-24(15-7-9-18(31)10-8-15)39-27(40)22(44-29(39)38-26(23)30(35,36)37)12-17-11-19(32)13-21(34)25(17)43-14-16-5-3-4-6-20(16)33/h3-13,24H,2,14H2,1H3/b22-12-/t24-/m1/s1. The number of alkyl halides is 3. The molecule has 1 atom stereocenters. The molecule has 1 aliphatic heterocycles. The molecule has 3 aromatic carbocycles. The maximum atomic E-state index is 14.4. The first-order valence-electron chi connectivity index (χ1n) is 12.8. The van der Waals surface area contributed by atoms with Crippen LogP contribution in [-0.2, 0) is 16.1 Å². The first-order chi connectivity index (χ1) is 20.9. The average molecular weight is 702 g/mol. The molecule has 0 saturated heterocycles. The predicted molar refractivity (Wildman–Crippen MR) is 164 cm³/mol. The predicted octanol–water partition coefficient (Wildman–Crippen LogP) is 7.53. The molecule has 5 rings (SSSR count). The molecular weight excluding hydrogens is 683 g/mol. The number of benzene rings is 3. The van der Waals surface area contributed by atoms with E-state index in [-0.39, 0.29) is 49.5 Å². The molecule has 6 nitrogen and oxygen atoms in total. The molecule has 0 aliphatic carbocycles. The van der Waals surface area contributed by atoms with Crippen molar-refractivity contribution in [3.8, 4) is 5.75 Å². The number of nitrogens with zero attached hydrogens (tertiary/aromatic N) is 2. The van der Waals surface area contributed by atoms with Crippen molar-refractivity contribution in [3.05, 3.63) is 128 Å². The van der Waals surface area contributed by atoms with E-state index in [1.165, 1.54) is 49.4 Å². The van der Waals surface area contributed by atoms with E-state index in [0.717, 1.165) is 4.57 Å². The molecule has 0 N–H and O–H groups in total. The van der Waals surface area contributed by atoms with Gasteiger partial charge < -0.3 is 9.47 Å². The van der Waals surface area contributed by atoms with Crippen LogP contribution in [0.3, 0.4) is 0 Å². The molecule has 0 bridgehead atoms. The minimum atomic E-state index is -5.04. The Bertz CT molecular complexity index is 1970. The number of fused-ring (bicyclic) bond motifs is 1. The maximum absolute atomic E-state index is 14.4. The quantitative estimate of drug-likeness (QED) is 0.187. The van der Waals surface area contributed by atoms with Gasteiger partial charge in [0.1, 0.15) is 12.4 Å². The van der Waals surface area contributed by atoms with Crippen molar-refractivity contribution >= 4 is 69.8 Å². The summed E-state index contributed by atoms with van der Waals surface area (Å²) >= 11 is 25.7. The number of rotatable bonds is 7. The van der Waals surface area contributed by atoms with Gasteiger partial charge in [-0.05, 0) is 48.9 Å². The number of thiazole rings is 1. The fourth-order valence-corrected chi connectivity index (χ4v) is 6.42. The van der Waals surface area contributed by atoms with Crippen LogP contribution in [0.5, 0.6) is 5.75 Å². The molecule has 0 radical (unpaired) electrons. The molecule has 0 unspecified atom stereocenters. The van der Waals surface area contributed by atoms with Crippen LogP contribution in [0.2, 0.25) is 20.1 Å². The molecule has 0 fully saturated rings. The molecule has 14 heteroatoms. The number of aromatic nitrogens is 1. The van der Waals surface area contributed by atoms with Crippen molar-refractivity contribution in [1.82, 2.24) is 4.57 Å². The molecular formula is C30H19Cl4F3N2O4S. The van der Waals surface area contributed by atoms with Gasteiger partial charge in [-0.3, -0.25) is 9.36 Å². The van der Waals surface area contributed by atoms with Crippen LogP contribution in [0, 0.1) is 0 Å². The number of carbonyl (C=O) groups excluding carboxylic acids is 1. The molecule has 1 aliphatic rings. The highest BCUT2D eigenvalue weighted by Crippen LogP contribution is 2.39. The van der Waals surface area contributed by atoms with Crippen LogP contribution in [0.1, 0.15) is 29.7 Å². The van der Waals surface area contributed by atoms with E-state index < -0.39 is 35.0 Å². The van der Waals surface area contributed by atoms with E-state index in [2.05, 4.69) is 4.99 Å². The number of carbonyl (C=O) groups is 1. The van der Waals surface area contributed by atoms with Crippen molar-refractivity contribution in [3.63, 3.8) is 0 Å². The number of esters is 1. The Kier molecular flexibility index (Phi) is 9.48. The summed E-state index contributed by atoms with van der Waals surface area (Å²) in [5.41, 5.74) is -1.86. The molecule has 4 aromatic rings. The summed E-state index contributed by atoms with van der Waals surface area (Å²) in [6.07, 6.45) is -3.65. The van der Waals surface area contributed by atoms with Crippen molar-refractivity contribution in [2.45, 2.75) is 25.7 Å². The second-order valence-electron chi connectivity index (χ2n) is 9.30. The van der Waals surface area contributed by atoms with Crippen LogP contribution in [0.15, 0.2) is 81.7 Å². The highest BCUT2D eigenvalue weighted by Gasteiger charge is 2.45. The van der Waals surface area contributed by atoms with Gasteiger partial charge >= 0.3 is 12.1 Å². The lowest BCUT2D eigenvalue weighted by molar-refractivity contribution is -0.140. The number of hydrogen-bond donors (Lipinski definition) is 0. The third-order valence-electron chi connectivity index (χ3n) is 6.43. The third-order valence-corrected chi connectivity index (χ3v) is 8.54. The fraction of sp³-hybridized carbons (Fsp3) is 0.167. The first-order valence-corrected chi connectivity index (χ1v) is 15.1. The Morgan fingerprint density at radius 3 is 2.39 bits per heavy atom. The van der Waals surface area contributed by atoms with Crippen LogP contribution in [0.4, 0.5) is 13.2 Å². The Labute approximate surface area is 272 Å². The maximum Gasteiger partial charge on any atom is 0.434 e. The average Bonchev–Trinajstić information content (AvgIpc) is 3.27. The molecule has 0 amide bonds. The second-order valence-corrected chi connectivity index (χ2v) is 12.0. The van der Waals surface area contributed by atoms with E-state index in [1.54, 1.807) is 24.3 Å². The zero-order valence-corrected chi connectivity index (χ0v) is 26.3. The zero-order chi connectivity index (χ0) is 31.8. The molecule has 1 aromatic heterocycles. The van der Waals surface area contributed by atoms with Crippen LogP contribution >= 0.6 is 57.7 Å². The van der Waals surface area contributed by atoms with E-state index in [9.17, 15) is 22.8 Å². The summed E-state index contributed by atoms with van der Waals surface area (Å²) < 4.78 is 55.1. The monoisotopic (exact) mass is 700 g/mol. The zero-order valence-electron chi connectivity index (χ0n) is 22.4. The molecule has 0 spiro atoms. The Morgan fingerprint density at radius 2 is 1.73 bits per heavy atom. The Balaban J connectivity index is 1.72. The number of hydrogen-bond acceptors (Lipinski definition) is 6. The summed E-state index contributed by atoms with van der Waals surface area (Å²) in [5, 5.41) is 1.13. The minimum absolute atomic E-state index is 0.0183. The van der Waals surface area contributed by atoms with Gasteiger partial charge in [0.15, 0.2) is 10.5 Å². The lowest BCUT2D eigenvalue weighted by Gasteiger charge is -2.26. The second kappa shape index (κ2) is 13.0. The number of halogens is 7. The van der Waals surface area contributed by atoms with Gasteiger partial charge in [-0.2, -0.15) is 13.2 Å². The Hall–Kier alpha value is -3.28. The van der Waals surface area contributed by atoms with Gasteiger partial charge in [-0.25, -0.2) is 9.79 Å². The van der Waals surface area contributed by atoms with Gasteiger partial charge in [-0.1, -0.05) is 88.1 Å². The summed E-state index contributed by atoms with van der Waals surface area (Å²) in [4.78, 5) is 30.4. The third kappa shape index (κ3) is 6.55. The van der Waals surface area contributed by atoms with Crippen molar-refractivity contribution in [2.24, 2.45) is 4.99 Å². The fourth-order valence-electron chi connectivity index (χ4n) is 4.55. The first kappa shape index (κ1) is 32.1. The lowest BCUT2D eigenvalue weighted by Crippen LogP contribution is -2.41. The van der Waals surface area contributed by atoms with Crippen molar-refractivity contribution in [2.75, 3.05) is 6.61 Å². The van der Waals surface area contributed by atoms with Crippen molar-refractivity contribution in [1.29, 1.82) is 0 Å². The molecule has 2 heterocycles. The lowest BCUT2D eigenvalue weighted by atomic mass is 9.95. The molecule has 228 valence electrons.